The Bertz CT molecular complexity index is 816. The molecule has 0 atom stereocenters. The molecule has 3 aromatic rings. The molecule has 3 rings (SSSR count). The van der Waals surface area contributed by atoms with E-state index in [2.05, 4.69) is 15.3 Å². The number of nitrogens with zero attached hydrogens (tertiary/aromatic N) is 2. The van der Waals surface area contributed by atoms with Gasteiger partial charge in [-0.1, -0.05) is 12.1 Å². The summed E-state index contributed by atoms with van der Waals surface area (Å²) in [4.78, 5) is 21.6. The highest BCUT2D eigenvalue weighted by atomic mass is 32.1. The number of halogens is 1. The van der Waals surface area contributed by atoms with Gasteiger partial charge in [-0.05, 0) is 36.8 Å². The molecule has 4 nitrogen and oxygen atoms in total. The lowest BCUT2D eigenvalue weighted by molar-refractivity contribution is -0.115. The molecule has 1 amide bonds. The Hall–Kier alpha value is -2.60. The van der Waals surface area contributed by atoms with Gasteiger partial charge in [-0.15, -0.1) is 11.3 Å². The summed E-state index contributed by atoms with van der Waals surface area (Å²) < 4.78 is 12.9. The maximum absolute atomic E-state index is 12.9. The Balaban J connectivity index is 1.71. The van der Waals surface area contributed by atoms with E-state index in [4.69, 9.17) is 0 Å². The number of carbonyl (C=O) groups is 1. The zero-order valence-electron chi connectivity index (χ0n) is 12.4. The van der Waals surface area contributed by atoms with Gasteiger partial charge in [-0.25, -0.2) is 9.37 Å². The fraction of sp³-hybridized carbons (Fsp3) is 0.118. The lowest BCUT2D eigenvalue weighted by atomic mass is 10.1. The van der Waals surface area contributed by atoms with Crippen LogP contribution in [0.25, 0.3) is 11.3 Å². The van der Waals surface area contributed by atoms with Crippen LogP contribution in [0.3, 0.4) is 0 Å². The number of hydrogen-bond acceptors (Lipinski definition) is 4. The van der Waals surface area contributed by atoms with Crippen LogP contribution in [0.2, 0.25) is 0 Å². The van der Waals surface area contributed by atoms with E-state index in [1.165, 1.54) is 23.5 Å². The van der Waals surface area contributed by atoms with Crippen LogP contribution >= 0.6 is 11.3 Å². The number of nitrogens with one attached hydrogen (secondary N) is 1. The van der Waals surface area contributed by atoms with Gasteiger partial charge in [0.1, 0.15) is 5.82 Å². The number of amides is 1. The molecule has 116 valence electrons. The predicted octanol–water partition coefficient (Wildman–Crippen LogP) is 3.83. The summed E-state index contributed by atoms with van der Waals surface area (Å²) in [7, 11) is 0. The first-order chi connectivity index (χ1) is 11.1. The highest BCUT2D eigenvalue weighted by Crippen LogP contribution is 2.29. The van der Waals surface area contributed by atoms with E-state index in [0.29, 0.717) is 5.13 Å². The minimum Gasteiger partial charge on any atom is -0.302 e. The molecule has 1 N–H and O–H groups in total. The molecule has 0 bridgehead atoms. The van der Waals surface area contributed by atoms with E-state index >= 15 is 0 Å². The number of anilines is 1. The Morgan fingerprint density at radius 3 is 2.57 bits per heavy atom. The molecule has 6 heteroatoms. The third-order valence-corrected chi connectivity index (χ3v) is 4.16. The molecule has 0 aliphatic carbocycles. The van der Waals surface area contributed by atoms with Gasteiger partial charge in [-0.2, -0.15) is 0 Å². The topological polar surface area (TPSA) is 54.9 Å². The van der Waals surface area contributed by atoms with Crippen molar-refractivity contribution in [2.24, 2.45) is 0 Å². The second kappa shape index (κ2) is 6.66. The molecule has 0 radical (unpaired) electrons. The van der Waals surface area contributed by atoms with Gasteiger partial charge in [0.05, 0.1) is 12.1 Å². The molecule has 0 aliphatic heterocycles. The highest BCUT2D eigenvalue weighted by molar-refractivity contribution is 7.16. The Morgan fingerprint density at radius 1 is 1.17 bits per heavy atom. The SMILES string of the molecule is Cc1sc(NC(=O)Cc2ccc(F)cc2)nc1-c1ccncc1. The fourth-order valence-corrected chi connectivity index (χ4v) is 3.03. The van der Waals surface area contributed by atoms with Gasteiger partial charge in [0.2, 0.25) is 5.91 Å². The zero-order valence-corrected chi connectivity index (χ0v) is 13.2. The Kier molecular flexibility index (Phi) is 4.43. The largest absolute Gasteiger partial charge is 0.302 e. The number of aromatic nitrogens is 2. The minimum absolute atomic E-state index is 0.174. The first-order valence-electron chi connectivity index (χ1n) is 7.04. The lowest BCUT2D eigenvalue weighted by Crippen LogP contribution is -2.14. The molecule has 0 aliphatic rings. The number of hydrogen-bond donors (Lipinski definition) is 1. The van der Waals surface area contributed by atoms with Crippen LogP contribution in [0.5, 0.6) is 0 Å². The number of aryl methyl sites for hydroxylation is 1. The van der Waals surface area contributed by atoms with E-state index in [1.54, 1.807) is 24.5 Å². The number of rotatable bonds is 4. The van der Waals surface area contributed by atoms with Crippen LogP contribution in [0.4, 0.5) is 9.52 Å². The third kappa shape index (κ3) is 3.78. The second-order valence-electron chi connectivity index (χ2n) is 5.01. The van der Waals surface area contributed by atoms with Crippen molar-refractivity contribution in [2.45, 2.75) is 13.3 Å². The van der Waals surface area contributed by atoms with Crippen LogP contribution in [0.1, 0.15) is 10.4 Å². The molecule has 0 spiro atoms. The van der Waals surface area contributed by atoms with E-state index in [-0.39, 0.29) is 18.1 Å². The van der Waals surface area contributed by atoms with E-state index in [9.17, 15) is 9.18 Å². The summed E-state index contributed by atoms with van der Waals surface area (Å²) >= 11 is 1.43. The van der Waals surface area contributed by atoms with Gasteiger partial charge in [0, 0.05) is 22.8 Å². The molecule has 0 fully saturated rings. The highest BCUT2D eigenvalue weighted by Gasteiger charge is 2.12. The van der Waals surface area contributed by atoms with Crippen molar-refractivity contribution in [1.82, 2.24) is 9.97 Å². The van der Waals surface area contributed by atoms with Crippen molar-refractivity contribution in [2.75, 3.05) is 5.32 Å². The average molecular weight is 327 g/mol. The molecule has 0 saturated heterocycles. The lowest BCUT2D eigenvalue weighted by Gasteiger charge is -2.02. The van der Waals surface area contributed by atoms with E-state index < -0.39 is 0 Å². The maximum Gasteiger partial charge on any atom is 0.230 e. The van der Waals surface area contributed by atoms with E-state index in [0.717, 1.165) is 21.7 Å². The number of benzene rings is 1. The van der Waals surface area contributed by atoms with Gasteiger partial charge in [0.15, 0.2) is 5.13 Å². The van der Waals surface area contributed by atoms with Crippen LogP contribution in [-0.2, 0) is 11.2 Å². The molecule has 23 heavy (non-hydrogen) atoms. The molecule has 0 unspecified atom stereocenters. The van der Waals surface area contributed by atoms with Crippen LogP contribution in [0, 0.1) is 12.7 Å². The third-order valence-electron chi connectivity index (χ3n) is 3.27. The first-order valence-corrected chi connectivity index (χ1v) is 7.85. The Labute approximate surface area is 137 Å². The monoisotopic (exact) mass is 327 g/mol. The summed E-state index contributed by atoms with van der Waals surface area (Å²) in [5, 5.41) is 3.35. The van der Waals surface area contributed by atoms with Crippen LogP contribution < -0.4 is 5.32 Å². The average Bonchev–Trinajstić information content (AvgIpc) is 2.91. The summed E-state index contributed by atoms with van der Waals surface area (Å²) in [5.74, 6) is -0.488. The van der Waals surface area contributed by atoms with Crippen molar-refractivity contribution < 1.29 is 9.18 Å². The van der Waals surface area contributed by atoms with Crippen molar-refractivity contribution >= 4 is 22.4 Å². The summed E-state index contributed by atoms with van der Waals surface area (Å²) in [5.41, 5.74) is 2.56. The van der Waals surface area contributed by atoms with Crippen LogP contribution in [-0.4, -0.2) is 15.9 Å². The van der Waals surface area contributed by atoms with Gasteiger partial charge >= 0.3 is 0 Å². The molecule has 2 aromatic heterocycles. The summed E-state index contributed by atoms with van der Waals surface area (Å²) in [6.07, 6.45) is 3.60. The van der Waals surface area contributed by atoms with Crippen LogP contribution in [0.15, 0.2) is 48.8 Å². The number of carbonyl (C=O) groups excluding carboxylic acids is 1. The molecule has 1 aromatic carbocycles. The van der Waals surface area contributed by atoms with E-state index in [1.807, 2.05) is 19.1 Å². The zero-order chi connectivity index (χ0) is 16.2. The minimum atomic E-state index is -0.313. The normalized spacial score (nSPS) is 10.5. The summed E-state index contributed by atoms with van der Waals surface area (Å²) in [6.45, 7) is 1.96. The van der Waals surface area contributed by atoms with Crippen molar-refractivity contribution in [1.29, 1.82) is 0 Å². The van der Waals surface area contributed by atoms with Crippen molar-refractivity contribution in [3.8, 4) is 11.3 Å². The van der Waals surface area contributed by atoms with Gasteiger partial charge < -0.3 is 5.32 Å². The quantitative estimate of drug-likeness (QED) is 0.792. The fourth-order valence-electron chi connectivity index (χ4n) is 2.18. The van der Waals surface area contributed by atoms with Gasteiger partial charge in [0.25, 0.3) is 0 Å². The van der Waals surface area contributed by atoms with Crippen molar-refractivity contribution in [3.05, 3.63) is 65.0 Å². The molecule has 0 saturated carbocycles. The number of pyridine rings is 1. The first kappa shape index (κ1) is 15.3. The molecular formula is C17H14FN3OS. The second-order valence-corrected chi connectivity index (χ2v) is 6.21. The molecular weight excluding hydrogens is 313 g/mol. The maximum atomic E-state index is 12.9. The predicted molar refractivity (Wildman–Crippen MR) is 88.8 cm³/mol. The van der Waals surface area contributed by atoms with Gasteiger partial charge in [-0.3, -0.25) is 9.78 Å². The Morgan fingerprint density at radius 2 is 1.87 bits per heavy atom. The smallest absolute Gasteiger partial charge is 0.230 e. The summed E-state index contributed by atoms with van der Waals surface area (Å²) in [6, 6.07) is 9.66. The molecule has 2 heterocycles. The standard InChI is InChI=1S/C17H14FN3OS/c1-11-16(13-6-8-19-9-7-13)21-17(23-11)20-15(22)10-12-2-4-14(18)5-3-12/h2-9H,10H2,1H3,(H,20,21,22). The number of thiazole rings is 1. The van der Waals surface area contributed by atoms with Crippen molar-refractivity contribution in [3.63, 3.8) is 0 Å².